The number of unbranched alkanes of at least 4 members (excludes halogenated alkanes) is 3. The van der Waals surface area contributed by atoms with Crippen LogP contribution in [0.25, 0.3) is 0 Å². The van der Waals surface area contributed by atoms with E-state index in [0.29, 0.717) is 0 Å². The Morgan fingerprint density at radius 1 is 0.742 bits per heavy atom. The van der Waals surface area contributed by atoms with Crippen LogP contribution in [-0.4, -0.2) is 12.1 Å². The molecule has 0 spiro atoms. The maximum atomic E-state index is 12.8. The second-order valence-electron chi connectivity index (χ2n) is 11.6. The fraction of sp³-hybridized carbons (Fsp3) is 0.966. The zero-order valence-electron chi connectivity index (χ0n) is 21.1. The highest BCUT2D eigenvalue weighted by Crippen LogP contribution is 2.45. The van der Waals surface area contributed by atoms with Crippen molar-refractivity contribution >= 4 is 5.97 Å². The Kier molecular flexibility index (Phi) is 10.7. The summed E-state index contributed by atoms with van der Waals surface area (Å²) in [7, 11) is 0. The molecule has 0 saturated heterocycles. The van der Waals surface area contributed by atoms with Gasteiger partial charge in [-0.3, -0.25) is 4.79 Å². The highest BCUT2D eigenvalue weighted by Gasteiger charge is 2.37. The predicted octanol–water partition coefficient (Wildman–Crippen LogP) is 8.72. The van der Waals surface area contributed by atoms with Gasteiger partial charge in [-0.1, -0.05) is 72.1 Å². The first kappa shape index (κ1) is 25.1. The topological polar surface area (TPSA) is 26.3 Å². The van der Waals surface area contributed by atoms with Crippen LogP contribution < -0.4 is 0 Å². The summed E-state index contributed by atoms with van der Waals surface area (Å²) in [5.74, 6) is 4.87. The highest BCUT2D eigenvalue weighted by molar-refractivity contribution is 5.72. The van der Waals surface area contributed by atoms with E-state index in [2.05, 4.69) is 20.8 Å². The van der Waals surface area contributed by atoms with Crippen LogP contribution in [0.1, 0.15) is 136 Å². The molecule has 180 valence electrons. The van der Waals surface area contributed by atoms with Gasteiger partial charge in [-0.25, -0.2) is 0 Å². The molecule has 0 radical (unpaired) electrons. The Morgan fingerprint density at radius 3 is 2.03 bits per heavy atom. The van der Waals surface area contributed by atoms with Gasteiger partial charge in [0.1, 0.15) is 6.10 Å². The molecule has 0 amide bonds. The van der Waals surface area contributed by atoms with E-state index in [1.807, 2.05) is 0 Å². The normalized spacial score (nSPS) is 36.8. The van der Waals surface area contributed by atoms with Gasteiger partial charge in [-0.05, 0) is 93.8 Å². The minimum absolute atomic E-state index is 0.142. The minimum atomic E-state index is 0.142. The van der Waals surface area contributed by atoms with Gasteiger partial charge in [0, 0.05) is 0 Å². The molecule has 2 heteroatoms. The van der Waals surface area contributed by atoms with E-state index in [1.54, 1.807) is 0 Å². The third-order valence-corrected chi connectivity index (χ3v) is 9.31. The second-order valence-corrected chi connectivity index (χ2v) is 11.6. The summed E-state index contributed by atoms with van der Waals surface area (Å²) in [4.78, 5) is 12.8. The Hall–Kier alpha value is -0.530. The van der Waals surface area contributed by atoms with Gasteiger partial charge in [-0.15, -0.1) is 0 Å². The summed E-state index contributed by atoms with van der Waals surface area (Å²) in [6.07, 6.45) is 23.7. The van der Waals surface area contributed by atoms with Crippen LogP contribution in [0.3, 0.4) is 0 Å². The molecule has 0 aromatic heterocycles. The van der Waals surface area contributed by atoms with Gasteiger partial charge in [0.2, 0.25) is 0 Å². The van der Waals surface area contributed by atoms with Crippen molar-refractivity contribution in [2.45, 2.75) is 142 Å². The molecular weight excluding hydrogens is 380 g/mol. The average Bonchev–Trinajstić information content (AvgIpc) is 2.79. The highest BCUT2D eigenvalue weighted by atomic mass is 16.5. The summed E-state index contributed by atoms with van der Waals surface area (Å²) >= 11 is 0. The maximum Gasteiger partial charge on any atom is 0.309 e. The fourth-order valence-electron chi connectivity index (χ4n) is 7.25. The molecule has 3 unspecified atom stereocenters. The zero-order valence-corrected chi connectivity index (χ0v) is 21.1. The molecule has 3 fully saturated rings. The largest absolute Gasteiger partial charge is 0.462 e. The first-order chi connectivity index (χ1) is 15.1. The SMILES string of the molecule is CCCCCC1CCC(C2CCC(C(=O)OC3CCC(CCCC)CC3)CC2)C(C)C1. The number of carbonyl (C=O) groups is 1. The second kappa shape index (κ2) is 13.2. The van der Waals surface area contributed by atoms with E-state index in [9.17, 15) is 4.79 Å². The molecule has 0 bridgehead atoms. The van der Waals surface area contributed by atoms with Gasteiger partial charge < -0.3 is 4.74 Å². The quantitative estimate of drug-likeness (QED) is 0.255. The minimum Gasteiger partial charge on any atom is -0.462 e. The van der Waals surface area contributed by atoms with Crippen molar-refractivity contribution < 1.29 is 9.53 Å². The van der Waals surface area contributed by atoms with Crippen LogP contribution in [0.5, 0.6) is 0 Å². The number of ether oxygens (including phenoxy) is 1. The Bertz CT molecular complexity index is 499. The molecule has 3 aliphatic rings. The lowest BCUT2D eigenvalue weighted by atomic mass is 9.64. The Balaban J connectivity index is 1.33. The monoisotopic (exact) mass is 432 g/mol. The van der Waals surface area contributed by atoms with E-state index < -0.39 is 0 Å². The average molecular weight is 433 g/mol. The number of rotatable bonds is 10. The molecular formula is C29H52O2. The molecule has 0 aromatic rings. The molecule has 0 aromatic carbocycles. The zero-order chi connectivity index (χ0) is 22.1. The lowest BCUT2D eigenvalue weighted by Gasteiger charge is -2.41. The number of hydrogen-bond donors (Lipinski definition) is 0. The molecule has 3 aliphatic carbocycles. The van der Waals surface area contributed by atoms with Crippen LogP contribution in [0.2, 0.25) is 0 Å². The van der Waals surface area contributed by atoms with Crippen molar-refractivity contribution in [1.82, 2.24) is 0 Å². The van der Waals surface area contributed by atoms with Gasteiger partial charge >= 0.3 is 5.97 Å². The van der Waals surface area contributed by atoms with Gasteiger partial charge in [0.25, 0.3) is 0 Å². The summed E-state index contributed by atoms with van der Waals surface area (Å²) in [6, 6.07) is 0. The number of hydrogen-bond acceptors (Lipinski definition) is 2. The van der Waals surface area contributed by atoms with Crippen molar-refractivity contribution in [3.63, 3.8) is 0 Å². The molecule has 3 saturated carbocycles. The van der Waals surface area contributed by atoms with E-state index in [1.165, 1.54) is 89.9 Å². The van der Waals surface area contributed by atoms with E-state index in [0.717, 1.165) is 55.3 Å². The fourth-order valence-corrected chi connectivity index (χ4v) is 7.25. The van der Waals surface area contributed by atoms with Crippen LogP contribution in [-0.2, 0) is 9.53 Å². The molecule has 31 heavy (non-hydrogen) atoms. The van der Waals surface area contributed by atoms with Crippen LogP contribution >= 0.6 is 0 Å². The first-order valence-electron chi connectivity index (χ1n) is 14.3. The van der Waals surface area contributed by atoms with Crippen molar-refractivity contribution in [1.29, 1.82) is 0 Å². The third-order valence-electron chi connectivity index (χ3n) is 9.31. The summed E-state index contributed by atoms with van der Waals surface area (Å²) in [6.45, 7) is 7.11. The van der Waals surface area contributed by atoms with Crippen molar-refractivity contribution in [2.24, 2.45) is 35.5 Å². The van der Waals surface area contributed by atoms with Crippen LogP contribution in [0.4, 0.5) is 0 Å². The summed E-state index contributed by atoms with van der Waals surface area (Å²) in [5.41, 5.74) is 0. The molecule has 0 heterocycles. The first-order valence-corrected chi connectivity index (χ1v) is 14.3. The lowest BCUT2D eigenvalue weighted by molar-refractivity contribution is -0.157. The molecule has 3 rings (SSSR count). The molecule has 3 atom stereocenters. The van der Waals surface area contributed by atoms with Gasteiger partial charge in [-0.2, -0.15) is 0 Å². The van der Waals surface area contributed by atoms with Gasteiger partial charge in [0.15, 0.2) is 0 Å². The molecule has 0 N–H and O–H groups in total. The van der Waals surface area contributed by atoms with Crippen LogP contribution in [0, 0.1) is 35.5 Å². The molecule has 2 nitrogen and oxygen atoms in total. The Labute approximate surface area is 193 Å². The summed E-state index contributed by atoms with van der Waals surface area (Å²) in [5, 5.41) is 0. The summed E-state index contributed by atoms with van der Waals surface area (Å²) < 4.78 is 6.01. The van der Waals surface area contributed by atoms with Crippen molar-refractivity contribution in [3.05, 3.63) is 0 Å². The number of carbonyl (C=O) groups excluding carboxylic acids is 1. The maximum absolute atomic E-state index is 12.8. The van der Waals surface area contributed by atoms with E-state index in [4.69, 9.17) is 4.74 Å². The van der Waals surface area contributed by atoms with E-state index >= 15 is 0 Å². The van der Waals surface area contributed by atoms with E-state index in [-0.39, 0.29) is 18.0 Å². The standard InChI is InChI=1S/C29H52O2/c1-4-6-8-10-24-13-20-28(22(3)21-24)25-14-16-26(17-15-25)29(30)31-27-18-11-23(12-19-27)9-7-5-2/h22-28H,4-21H2,1-3H3. The van der Waals surface area contributed by atoms with Gasteiger partial charge in [0.05, 0.1) is 5.92 Å². The molecule has 0 aliphatic heterocycles. The smallest absolute Gasteiger partial charge is 0.309 e. The van der Waals surface area contributed by atoms with Crippen molar-refractivity contribution in [2.75, 3.05) is 0 Å². The van der Waals surface area contributed by atoms with Crippen LogP contribution in [0.15, 0.2) is 0 Å². The predicted molar refractivity (Wildman–Crippen MR) is 131 cm³/mol. The Morgan fingerprint density at radius 2 is 1.39 bits per heavy atom. The number of esters is 1. The van der Waals surface area contributed by atoms with Crippen molar-refractivity contribution in [3.8, 4) is 0 Å². The lowest BCUT2D eigenvalue weighted by Crippen LogP contribution is -2.34. The third kappa shape index (κ3) is 7.78.